The first-order valence-electron chi connectivity index (χ1n) is 9.99. The third kappa shape index (κ3) is 6.42. The minimum absolute atomic E-state index is 0.0939. The summed E-state index contributed by atoms with van der Waals surface area (Å²) in [6, 6.07) is 10.8. The van der Waals surface area contributed by atoms with E-state index in [9.17, 15) is 28.5 Å². The van der Waals surface area contributed by atoms with Gasteiger partial charge in [0.25, 0.3) is 11.2 Å². The molecule has 1 aromatic heterocycles. The molecule has 0 fully saturated rings. The molecule has 1 N–H and O–H groups in total. The maximum Gasteiger partial charge on any atom is 0.364 e. The first-order chi connectivity index (χ1) is 15.9. The predicted molar refractivity (Wildman–Crippen MR) is 126 cm³/mol. The highest BCUT2D eigenvalue weighted by atomic mass is 35.5. The number of nitro groups is 1. The normalized spacial score (nSPS) is 10.9. The molecule has 0 amide bonds. The Hall–Kier alpha value is -3.24. The number of halogens is 4. The molecule has 0 spiro atoms. The van der Waals surface area contributed by atoms with E-state index in [4.69, 9.17) is 27.9 Å². The van der Waals surface area contributed by atoms with Gasteiger partial charge in [-0.25, -0.2) is 9.36 Å². The number of hydrogen-bond donors (Lipinski definition) is 1. The van der Waals surface area contributed by atoms with Crippen molar-refractivity contribution in [1.29, 1.82) is 0 Å². The van der Waals surface area contributed by atoms with Crippen LogP contribution in [0, 0.1) is 17.0 Å². The maximum atomic E-state index is 13.4. The largest absolute Gasteiger partial charge is 0.489 e. The second-order valence-corrected chi connectivity index (χ2v) is 8.00. The number of benzene rings is 2. The minimum Gasteiger partial charge on any atom is -0.489 e. The third-order valence-electron chi connectivity index (χ3n) is 4.20. The Kier molecular flexibility index (Phi) is 8.94. The molecule has 1 heterocycles. The molecule has 3 aromatic rings. The number of nitro benzene ring substituents is 1. The molecule has 0 aliphatic carbocycles. The minimum atomic E-state index is -4.12. The van der Waals surface area contributed by atoms with Crippen LogP contribution in [0.15, 0.2) is 52.1 Å². The molecule has 8 nitrogen and oxygen atoms in total. The Morgan fingerprint density at radius 2 is 1.82 bits per heavy atom. The molecule has 34 heavy (non-hydrogen) atoms. The molecule has 0 atom stereocenters. The molecule has 0 unspecified atom stereocenters. The van der Waals surface area contributed by atoms with Crippen LogP contribution in [0.5, 0.6) is 5.75 Å². The monoisotopic (exact) mass is 515 g/mol. The number of hydrogen-bond acceptors (Lipinski definition) is 5. The number of nitrogens with one attached hydrogen (secondary N) is 1. The summed E-state index contributed by atoms with van der Waals surface area (Å²) in [6.45, 7) is 6.26. The zero-order valence-corrected chi connectivity index (χ0v) is 19.9. The van der Waals surface area contributed by atoms with Gasteiger partial charge in [0, 0.05) is 0 Å². The van der Waals surface area contributed by atoms with Crippen LogP contribution >= 0.6 is 23.2 Å². The fraction of sp³-hybridized carbons (Fsp3) is 0.273. The molecule has 0 saturated carbocycles. The lowest BCUT2D eigenvalue weighted by atomic mass is 10.1. The summed E-state index contributed by atoms with van der Waals surface area (Å²) in [5.41, 5.74) is -3.39. The first kappa shape index (κ1) is 27.0. The molecule has 0 aliphatic heterocycles. The number of ether oxygens (including phenoxy) is 1. The SMILES string of the molecule is CCC.Cc1cccc(COc2ccc(-n3c(=O)[nH]c(C(F)(F)Cl)c(Cl)c3=O)c([N+](=O)[O-])c2)c1. The maximum absolute atomic E-state index is 13.4. The van der Waals surface area contributed by atoms with Crippen molar-refractivity contribution in [3.05, 3.63) is 95.3 Å². The Balaban J connectivity index is 0.00000129. The molecule has 0 saturated heterocycles. The highest BCUT2D eigenvalue weighted by Gasteiger charge is 2.35. The molecular formula is C22H21Cl2F2N3O5. The van der Waals surface area contributed by atoms with Crippen molar-refractivity contribution >= 4 is 28.9 Å². The molecular weight excluding hydrogens is 495 g/mol. The smallest absolute Gasteiger partial charge is 0.364 e. The number of nitrogens with zero attached hydrogens (tertiary/aromatic N) is 2. The van der Waals surface area contributed by atoms with Gasteiger partial charge in [0.15, 0.2) is 0 Å². The number of H-pyrrole nitrogens is 1. The van der Waals surface area contributed by atoms with Gasteiger partial charge in [0.2, 0.25) is 0 Å². The van der Waals surface area contributed by atoms with Crippen LogP contribution in [0.3, 0.4) is 0 Å². The lowest BCUT2D eigenvalue weighted by Gasteiger charge is -2.13. The van der Waals surface area contributed by atoms with Crippen molar-refractivity contribution in [2.75, 3.05) is 0 Å². The number of aryl methyl sites for hydroxylation is 1. The Morgan fingerprint density at radius 1 is 1.18 bits per heavy atom. The quantitative estimate of drug-likeness (QED) is 0.258. The van der Waals surface area contributed by atoms with Crippen LogP contribution in [0.25, 0.3) is 5.69 Å². The molecule has 0 aliphatic rings. The van der Waals surface area contributed by atoms with E-state index >= 15 is 0 Å². The summed E-state index contributed by atoms with van der Waals surface area (Å²) in [7, 11) is 0. The van der Waals surface area contributed by atoms with Crippen molar-refractivity contribution in [2.24, 2.45) is 0 Å². The molecule has 3 rings (SSSR count). The molecule has 182 valence electrons. The average molecular weight is 516 g/mol. The van der Waals surface area contributed by atoms with E-state index in [-0.39, 0.29) is 16.9 Å². The van der Waals surface area contributed by atoms with Gasteiger partial charge in [-0.15, -0.1) is 0 Å². The summed E-state index contributed by atoms with van der Waals surface area (Å²) in [6.07, 6.45) is 1.25. The second-order valence-electron chi connectivity index (χ2n) is 7.15. The summed E-state index contributed by atoms with van der Waals surface area (Å²) in [5, 5.41) is 6.36. The highest BCUT2D eigenvalue weighted by molar-refractivity contribution is 6.32. The summed E-state index contributed by atoms with van der Waals surface area (Å²) >= 11 is 10.5. The van der Waals surface area contributed by atoms with E-state index in [1.807, 2.05) is 31.2 Å². The number of aromatic nitrogens is 2. The Morgan fingerprint density at radius 3 is 2.38 bits per heavy atom. The van der Waals surface area contributed by atoms with Gasteiger partial charge in [0.05, 0.1) is 11.0 Å². The van der Waals surface area contributed by atoms with Crippen LogP contribution in [-0.2, 0) is 12.0 Å². The van der Waals surface area contributed by atoms with Gasteiger partial charge < -0.3 is 9.72 Å². The fourth-order valence-corrected chi connectivity index (χ4v) is 3.27. The molecule has 0 bridgehead atoms. The average Bonchev–Trinajstić information content (AvgIpc) is 2.75. The summed E-state index contributed by atoms with van der Waals surface area (Å²) < 4.78 is 32.5. The van der Waals surface area contributed by atoms with Gasteiger partial charge in [0.1, 0.15) is 28.8 Å². The number of rotatable bonds is 6. The zero-order chi connectivity index (χ0) is 25.6. The van der Waals surface area contributed by atoms with Gasteiger partial charge >= 0.3 is 11.1 Å². The van der Waals surface area contributed by atoms with Gasteiger partial charge in [-0.05, 0) is 36.2 Å². The van der Waals surface area contributed by atoms with Gasteiger partial charge in [-0.1, -0.05) is 61.7 Å². The molecule has 0 radical (unpaired) electrons. The zero-order valence-electron chi connectivity index (χ0n) is 18.4. The van der Waals surface area contributed by atoms with Crippen LogP contribution in [0.1, 0.15) is 37.1 Å². The lowest BCUT2D eigenvalue weighted by molar-refractivity contribution is -0.384. The van der Waals surface area contributed by atoms with Crippen molar-refractivity contribution in [1.82, 2.24) is 9.55 Å². The topological polar surface area (TPSA) is 107 Å². The van der Waals surface area contributed by atoms with E-state index < -0.39 is 43.6 Å². The Bertz CT molecular complexity index is 1300. The van der Waals surface area contributed by atoms with Crippen molar-refractivity contribution in [2.45, 2.75) is 39.2 Å². The van der Waals surface area contributed by atoms with Crippen molar-refractivity contribution in [3.63, 3.8) is 0 Å². The van der Waals surface area contributed by atoms with Crippen LogP contribution in [0.2, 0.25) is 5.02 Å². The molecule has 12 heteroatoms. The first-order valence-corrected chi connectivity index (χ1v) is 10.7. The fourth-order valence-electron chi connectivity index (χ4n) is 2.83. The second kappa shape index (κ2) is 11.3. The third-order valence-corrected chi connectivity index (χ3v) is 4.74. The van der Waals surface area contributed by atoms with E-state index in [1.54, 1.807) is 4.98 Å². The van der Waals surface area contributed by atoms with Crippen molar-refractivity contribution in [3.8, 4) is 11.4 Å². The predicted octanol–water partition coefficient (Wildman–Crippen LogP) is 5.68. The van der Waals surface area contributed by atoms with Gasteiger partial charge in [-0.3, -0.25) is 14.9 Å². The summed E-state index contributed by atoms with van der Waals surface area (Å²) in [5.74, 6) is 0.0939. The Labute approximate surface area is 202 Å². The van der Waals surface area contributed by atoms with E-state index in [1.165, 1.54) is 12.5 Å². The number of aromatic amines is 1. The van der Waals surface area contributed by atoms with E-state index in [0.29, 0.717) is 0 Å². The van der Waals surface area contributed by atoms with E-state index in [0.717, 1.165) is 23.3 Å². The van der Waals surface area contributed by atoms with Crippen LogP contribution in [-0.4, -0.2) is 14.5 Å². The van der Waals surface area contributed by atoms with Crippen molar-refractivity contribution < 1.29 is 18.4 Å². The number of alkyl halides is 3. The van der Waals surface area contributed by atoms with Crippen LogP contribution in [0.4, 0.5) is 14.5 Å². The van der Waals surface area contributed by atoms with Crippen LogP contribution < -0.4 is 16.0 Å². The van der Waals surface area contributed by atoms with Gasteiger partial charge in [-0.2, -0.15) is 8.78 Å². The molecule has 2 aromatic carbocycles. The highest BCUT2D eigenvalue weighted by Crippen LogP contribution is 2.34. The lowest BCUT2D eigenvalue weighted by Crippen LogP contribution is -2.37. The standard InChI is InChI=1S/C19H13Cl2F2N3O5.C3H8/c1-10-3-2-4-11(7-10)9-31-12-5-6-13(14(8-12)26(29)30)25-17(27)15(20)16(19(21,22)23)24-18(25)28;1-3-2/h2-8H,9H2,1H3,(H,24,28);3H2,1-2H3. The summed E-state index contributed by atoms with van der Waals surface area (Å²) in [4.78, 5) is 37.1. The van der Waals surface area contributed by atoms with E-state index in [2.05, 4.69) is 13.8 Å².